The Bertz CT molecular complexity index is 1370. The molecule has 174 valence electrons. The Kier molecular flexibility index (Phi) is 7.40. The molecule has 1 aromatic heterocycles. The highest BCUT2D eigenvalue weighted by Crippen LogP contribution is 2.28. The first-order valence-electron chi connectivity index (χ1n) is 10.5. The number of thioether (sulfide) groups is 1. The number of carbonyl (C=O) groups is 1. The van der Waals surface area contributed by atoms with E-state index < -0.39 is 0 Å². The third-order valence-corrected chi connectivity index (χ3v) is 6.53. The Morgan fingerprint density at radius 2 is 1.94 bits per heavy atom. The van der Waals surface area contributed by atoms with E-state index in [0.717, 1.165) is 27.3 Å². The molecule has 34 heavy (non-hydrogen) atoms. The third-order valence-electron chi connectivity index (χ3n) is 5.18. The average molecular weight is 495 g/mol. The zero-order valence-corrected chi connectivity index (χ0v) is 20.2. The molecule has 9 heteroatoms. The van der Waals surface area contributed by atoms with Gasteiger partial charge in [-0.2, -0.15) is 5.10 Å². The van der Waals surface area contributed by atoms with Gasteiger partial charge >= 0.3 is 0 Å². The number of aromatic hydroxyl groups is 1. The number of para-hydroxylation sites is 2. The van der Waals surface area contributed by atoms with Gasteiger partial charge in [0, 0.05) is 10.6 Å². The van der Waals surface area contributed by atoms with Crippen molar-refractivity contribution in [3.8, 4) is 11.5 Å². The predicted octanol–water partition coefficient (Wildman–Crippen LogP) is 5.08. The molecule has 0 fully saturated rings. The molecule has 2 N–H and O–H groups in total. The Labute approximate surface area is 206 Å². The SMILES string of the molecule is COc1cc(/C(C)=N\NC(=O)CSc2nc3ccccc3n2Cc2ccccc2Cl)ccc1O. The van der Waals surface area contributed by atoms with Crippen LogP contribution in [-0.2, 0) is 11.3 Å². The molecule has 0 atom stereocenters. The van der Waals surface area contributed by atoms with E-state index in [2.05, 4.69) is 15.1 Å². The van der Waals surface area contributed by atoms with Crippen LogP contribution in [0.25, 0.3) is 11.0 Å². The molecular formula is C25H23ClN4O3S. The smallest absolute Gasteiger partial charge is 0.250 e. The van der Waals surface area contributed by atoms with E-state index in [0.29, 0.717) is 23.0 Å². The van der Waals surface area contributed by atoms with Crippen molar-refractivity contribution < 1.29 is 14.6 Å². The number of hydrazone groups is 1. The molecule has 0 aliphatic carbocycles. The molecule has 0 unspecified atom stereocenters. The first kappa shape index (κ1) is 23.7. The summed E-state index contributed by atoms with van der Waals surface area (Å²) in [5.74, 6) is 0.263. The van der Waals surface area contributed by atoms with E-state index in [9.17, 15) is 9.90 Å². The average Bonchev–Trinajstić information content (AvgIpc) is 3.20. The van der Waals surface area contributed by atoms with Gasteiger partial charge in [-0.3, -0.25) is 4.79 Å². The standard InChI is InChI=1S/C25H23ClN4O3S/c1-16(17-11-12-22(31)23(13-17)33-2)28-29-24(32)15-34-25-27-20-9-5-6-10-21(20)30(25)14-18-7-3-4-8-19(18)26/h3-13,31H,14-15H2,1-2H3,(H,29,32)/b28-16-. The number of phenols is 1. The Morgan fingerprint density at radius 1 is 1.18 bits per heavy atom. The summed E-state index contributed by atoms with van der Waals surface area (Å²) in [5.41, 5.74) is 6.70. The number of amides is 1. The second-order valence-electron chi connectivity index (χ2n) is 7.47. The normalized spacial score (nSPS) is 11.6. The van der Waals surface area contributed by atoms with Gasteiger partial charge in [-0.1, -0.05) is 53.7 Å². The number of fused-ring (bicyclic) bond motifs is 1. The molecule has 0 aliphatic heterocycles. The summed E-state index contributed by atoms with van der Waals surface area (Å²) in [6.45, 7) is 2.31. The van der Waals surface area contributed by atoms with Crippen molar-refractivity contribution in [2.75, 3.05) is 12.9 Å². The number of methoxy groups -OCH3 is 1. The summed E-state index contributed by atoms with van der Waals surface area (Å²) in [5, 5.41) is 15.3. The van der Waals surface area contributed by atoms with Crippen molar-refractivity contribution in [1.82, 2.24) is 15.0 Å². The highest BCUT2D eigenvalue weighted by atomic mass is 35.5. The van der Waals surface area contributed by atoms with Crippen molar-refractivity contribution >= 4 is 46.0 Å². The largest absolute Gasteiger partial charge is 0.504 e. The topological polar surface area (TPSA) is 88.7 Å². The molecule has 3 aromatic carbocycles. The molecule has 0 bridgehead atoms. The molecular weight excluding hydrogens is 472 g/mol. The van der Waals surface area contributed by atoms with E-state index in [1.54, 1.807) is 19.1 Å². The van der Waals surface area contributed by atoms with Gasteiger partial charge in [0.2, 0.25) is 0 Å². The number of ether oxygens (including phenoxy) is 1. The number of hydrogen-bond acceptors (Lipinski definition) is 6. The van der Waals surface area contributed by atoms with E-state index in [1.165, 1.54) is 24.9 Å². The van der Waals surface area contributed by atoms with Crippen molar-refractivity contribution in [2.24, 2.45) is 5.10 Å². The number of halogens is 1. The number of carbonyl (C=O) groups excluding carboxylic acids is 1. The maximum atomic E-state index is 12.5. The van der Waals surface area contributed by atoms with Gasteiger partial charge in [0.25, 0.3) is 5.91 Å². The van der Waals surface area contributed by atoms with Gasteiger partial charge in [0.1, 0.15) is 0 Å². The first-order chi connectivity index (χ1) is 16.5. The van der Waals surface area contributed by atoms with Gasteiger partial charge in [-0.15, -0.1) is 0 Å². The predicted molar refractivity (Wildman–Crippen MR) is 136 cm³/mol. The van der Waals surface area contributed by atoms with Gasteiger partial charge in [0.05, 0.1) is 36.2 Å². The zero-order chi connectivity index (χ0) is 24.1. The number of nitrogens with zero attached hydrogens (tertiary/aromatic N) is 3. The number of phenolic OH excluding ortho intramolecular Hbond substituents is 1. The minimum absolute atomic E-state index is 0.0409. The summed E-state index contributed by atoms with van der Waals surface area (Å²) in [6, 6.07) is 20.4. The monoisotopic (exact) mass is 494 g/mol. The number of rotatable bonds is 8. The van der Waals surface area contributed by atoms with Gasteiger partial charge in [-0.05, 0) is 48.9 Å². The van der Waals surface area contributed by atoms with Crippen molar-refractivity contribution in [3.05, 3.63) is 82.9 Å². The van der Waals surface area contributed by atoms with E-state index >= 15 is 0 Å². The van der Waals surface area contributed by atoms with Gasteiger partial charge in [-0.25, -0.2) is 10.4 Å². The van der Waals surface area contributed by atoms with Crippen LogP contribution in [0.3, 0.4) is 0 Å². The second-order valence-corrected chi connectivity index (χ2v) is 8.82. The zero-order valence-electron chi connectivity index (χ0n) is 18.7. The number of benzene rings is 3. The fraction of sp³-hybridized carbons (Fsp3) is 0.160. The van der Waals surface area contributed by atoms with E-state index in [1.807, 2.05) is 48.5 Å². The van der Waals surface area contributed by atoms with Crippen LogP contribution in [0.15, 0.2) is 77.0 Å². The van der Waals surface area contributed by atoms with Crippen LogP contribution in [0.2, 0.25) is 5.02 Å². The van der Waals surface area contributed by atoms with Crippen LogP contribution >= 0.6 is 23.4 Å². The lowest BCUT2D eigenvalue weighted by atomic mass is 10.1. The van der Waals surface area contributed by atoms with Crippen LogP contribution in [-0.4, -0.2) is 39.1 Å². The van der Waals surface area contributed by atoms with E-state index in [-0.39, 0.29) is 17.4 Å². The molecule has 0 radical (unpaired) electrons. The summed E-state index contributed by atoms with van der Waals surface area (Å²) >= 11 is 7.72. The molecule has 0 aliphatic rings. The van der Waals surface area contributed by atoms with Gasteiger partial charge in [0.15, 0.2) is 16.7 Å². The lowest BCUT2D eigenvalue weighted by Gasteiger charge is -2.10. The fourth-order valence-corrected chi connectivity index (χ4v) is 4.39. The lowest BCUT2D eigenvalue weighted by Crippen LogP contribution is -2.21. The molecule has 0 saturated heterocycles. The second kappa shape index (κ2) is 10.6. The summed E-state index contributed by atoms with van der Waals surface area (Å²) in [4.78, 5) is 17.2. The van der Waals surface area contributed by atoms with Crippen LogP contribution in [0, 0.1) is 0 Å². The Balaban J connectivity index is 1.47. The quantitative estimate of drug-likeness (QED) is 0.202. The molecule has 1 amide bonds. The molecule has 1 heterocycles. The molecule has 4 rings (SSSR count). The molecule has 7 nitrogen and oxygen atoms in total. The number of aromatic nitrogens is 2. The summed E-state index contributed by atoms with van der Waals surface area (Å²) < 4.78 is 7.18. The molecule has 0 spiro atoms. The van der Waals surface area contributed by atoms with Crippen molar-refractivity contribution in [1.29, 1.82) is 0 Å². The van der Waals surface area contributed by atoms with Crippen molar-refractivity contribution in [2.45, 2.75) is 18.6 Å². The lowest BCUT2D eigenvalue weighted by molar-refractivity contribution is -0.118. The highest BCUT2D eigenvalue weighted by molar-refractivity contribution is 7.99. The maximum Gasteiger partial charge on any atom is 0.250 e. The summed E-state index contributed by atoms with van der Waals surface area (Å²) in [7, 11) is 1.48. The van der Waals surface area contributed by atoms with Crippen LogP contribution in [0.4, 0.5) is 0 Å². The molecule has 0 saturated carbocycles. The van der Waals surface area contributed by atoms with E-state index in [4.69, 9.17) is 21.3 Å². The Morgan fingerprint density at radius 3 is 2.74 bits per heavy atom. The Hall–Kier alpha value is -3.49. The minimum atomic E-state index is -0.258. The van der Waals surface area contributed by atoms with Gasteiger partial charge < -0.3 is 14.4 Å². The number of hydrogen-bond donors (Lipinski definition) is 2. The highest BCUT2D eigenvalue weighted by Gasteiger charge is 2.14. The fourth-order valence-electron chi connectivity index (χ4n) is 3.39. The van der Waals surface area contributed by atoms with Crippen LogP contribution < -0.4 is 10.2 Å². The van der Waals surface area contributed by atoms with Crippen molar-refractivity contribution in [3.63, 3.8) is 0 Å². The summed E-state index contributed by atoms with van der Waals surface area (Å²) in [6.07, 6.45) is 0. The maximum absolute atomic E-state index is 12.5. The molecule has 4 aromatic rings. The minimum Gasteiger partial charge on any atom is -0.504 e. The number of imidazole rings is 1. The van der Waals surface area contributed by atoms with Crippen LogP contribution in [0.1, 0.15) is 18.1 Å². The third kappa shape index (κ3) is 5.35. The first-order valence-corrected chi connectivity index (χ1v) is 11.8. The number of nitrogens with one attached hydrogen (secondary N) is 1. The van der Waals surface area contributed by atoms with Crippen LogP contribution in [0.5, 0.6) is 11.5 Å².